The van der Waals surface area contributed by atoms with Crippen molar-refractivity contribution >= 4 is 18.1 Å². The van der Waals surface area contributed by atoms with Crippen molar-refractivity contribution in [3.8, 4) is 0 Å². The molecule has 1 fully saturated rings. The van der Waals surface area contributed by atoms with Gasteiger partial charge < -0.3 is 4.79 Å². The van der Waals surface area contributed by atoms with Gasteiger partial charge >= 0.3 is 0 Å². The molecule has 0 aromatic rings. The van der Waals surface area contributed by atoms with Crippen molar-refractivity contribution in [2.75, 3.05) is 6.54 Å². The average Bonchev–Trinajstić information content (AvgIpc) is 2.19. The van der Waals surface area contributed by atoms with Gasteiger partial charge in [0, 0.05) is 12.8 Å². The average molecular weight is 169 g/mol. The number of hydrogen-bond acceptors (Lipinski definition) is 3. The van der Waals surface area contributed by atoms with Gasteiger partial charge in [-0.1, -0.05) is 0 Å². The van der Waals surface area contributed by atoms with Crippen LogP contribution in [0.5, 0.6) is 0 Å². The van der Waals surface area contributed by atoms with Gasteiger partial charge in [0.25, 0.3) is 0 Å². The van der Waals surface area contributed by atoms with Gasteiger partial charge in [0.2, 0.25) is 11.8 Å². The minimum absolute atomic E-state index is 0.0856. The van der Waals surface area contributed by atoms with Crippen LogP contribution in [0.2, 0.25) is 0 Å². The Hall–Kier alpha value is -1.19. The number of carbonyl (C=O) groups excluding carboxylic acids is 3. The molecule has 0 atom stereocenters. The highest BCUT2D eigenvalue weighted by molar-refractivity contribution is 5.97. The molecule has 0 saturated carbocycles. The Morgan fingerprint density at radius 1 is 1.17 bits per heavy atom. The molecule has 0 N–H and O–H groups in total. The summed E-state index contributed by atoms with van der Waals surface area (Å²) in [6.07, 6.45) is 2.86. The van der Waals surface area contributed by atoms with Crippen LogP contribution in [0.3, 0.4) is 0 Å². The molecule has 12 heavy (non-hydrogen) atoms. The molecule has 2 amide bonds. The van der Waals surface area contributed by atoms with E-state index >= 15 is 0 Å². The Morgan fingerprint density at radius 3 is 2.08 bits per heavy atom. The third kappa shape index (κ3) is 1.90. The van der Waals surface area contributed by atoms with E-state index in [0.29, 0.717) is 19.1 Å². The molecule has 0 bridgehead atoms. The van der Waals surface area contributed by atoms with Crippen LogP contribution in [0, 0.1) is 0 Å². The van der Waals surface area contributed by atoms with Crippen LogP contribution in [0.4, 0.5) is 0 Å². The first-order valence-electron chi connectivity index (χ1n) is 4.02. The van der Waals surface area contributed by atoms with E-state index in [0.717, 1.165) is 17.7 Å². The fraction of sp³-hybridized carbons (Fsp3) is 0.625. The summed E-state index contributed by atoms with van der Waals surface area (Å²) in [4.78, 5) is 33.5. The summed E-state index contributed by atoms with van der Waals surface area (Å²) in [6, 6.07) is 0. The van der Waals surface area contributed by atoms with Crippen molar-refractivity contribution in [1.29, 1.82) is 0 Å². The van der Waals surface area contributed by atoms with Gasteiger partial charge in [-0.05, 0) is 12.8 Å². The summed E-state index contributed by atoms with van der Waals surface area (Å²) in [6.45, 7) is -0.0856. The largest absolute Gasteiger partial charge is 0.301 e. The highest BCUT2D eigenvalue weighted by atomic mass is 16.2. The molecule has 1 rings (SSSR count). The van der Waals surface area contributed by atoms with E-state index in [9.17, 15) is 14.4 Å². The molecule has 0 radical (unpaired) electrons. The summed E-state index contributed by atoms with van der Waals surface area (Å²) in [5, 5.41) is 0. The van der Waals surface area contributed by atoms with Crippen molar-refractivity contribution in [3.63, 3.8) is 0 Å². The first-order chi connectivity index (χ1) is 5.75. The minimum atomic E-state index is -0.218. The number of rotatable bonds is 2. The number of amides is 2. The zero-order valence-electron chi connectivity index (χ0n) is 6.78. The van der Waals surface area contributed by atoms with E-state index in [2.05, 4.69) is 0 Å². The van der Waals surface area contributed by atoms with E-state index in [1.54, 1.807) is 0 Å². The summed E-state index contributed by atoms with van der Waals surface area (Å²) in [5.41, 5.74) is 0. The van der Waals surface area contributed by atoms with E-state index in [4.69, 9.17) is 0 Å². The van der Waals surface area contributed by atoms with Crippen LogP contribution < -0.4 is 0 Å². The van der Waals surface area contributed by atoms with Crippen LogP contribution in [0.25, 0.3) is 0 Å². The van der Waals surface area contributed by atoms with Crippen molar-refractivity contribution in [1.82, 2.24) is 4.90 Å². The maximum Gasteiger partial charge on any atom is 0.229 e. The van der Waals surface area contributed by atoms with Gasteiger partial charge in [0.15, 0.2) is 0 Å². The number of aldehydes is 1. The molecule has 66 valence electrons. The molecule has 0 unspecified atom stereocenters. The Morgan fingerprint density at radius 2 is 1.67 bits per heavy atom. The lowest BCUT2D eigenvalue weighted by atomic mass is 10.2. The normalized spacial score (nSPS) is 19.2. The van der Waals surface area contributed by atoms with E-state index in [1.807, 2.05) is 0 Å². The molecule has 1 aliphatic heterocycles. The molecule has 1 aliphatic rings. The maximum atomic E-state index is 11.2. The summed E-state index contributed by atoms with van der Waals surface area (Å²) in [5.74, 6) is -0.436. The van der Waals surface area contributed by atoms with Crippen LogP contribution >= 0.6 is 0 Å². The fourth-order valence-corrected chi connectivity index (χ4v) is 1.24. The number of likely N-dealkylation sites (tertiary alicyclic amines) is 1. The topological polar surface area (TPSA) is 54.5 Å². The van der Waals surface area contributed by atoms with Gasteiger partial charge in [-0.15, -0.1) is 0 Å². The van der Waals surface area contributed by atoms with Crippen LogP contribution in [0.1, 0.15) is 25.7 Å². The summed E-state index contributed by atoms with van der Waals surface area (Å²) >= 11 is 0. The second-order valence-electron chi connectivity index (χ2n) is 2.77. The molecule has 0 aromatic carbocycles. The summed E-state index contributed by atoms with van der Waals surface area (Å²) < 4.78 is 0. The highest BCUT2D eigenvalue weighted by Crippen LogP contribution is 2.11. The lowest BCUT2D eigenvalue weighted by Crippen LogP contribution is -2.36. The van der Waals surface area contributed by atoms with Crippen molar-refractivity contribution in [2.24, 2.45) is 0 Å². The Balaban J connectivity index is 2.67. The SMILES string of the molecule is O=CCN1C(=O)CCCCC1=O. The lowest BCUT2D eigenvalue weighted by Gasteiger charge is -2.14. The molecule has 1 heterocycles. The molecule has 0 aromatic heterocycles. The smallest absolute Gasteiger partial charge is 0.229 e. The first kappa shape index (κ1) is 8.90. The third-order valence-electron chi connectivity index (χ3n) is 1.89. The molecule has 1 saturated heterocycles. The quantitative estimate of drug-likeness (QED) is 0.435. The van der Waals surface area contributed by atoms with Crippen molar-refractivity contribution < 1.29 is 14.4 Å². The zero-order valence-corrected chi connectivity index (χ0v) is 6.78. The number of hydrogen-bond donors (Lipinski definition) is 0. The second kappa shape index (κ2) is 3.99. The van der Waals surface area contributed by atoms with E-state index < -0.39 is 0 Å². The lowest BCUT2D eigenvalue weighted by molar-refractivity contribution is -0.145. The van der Waals surface area contributed by atoms with Crippen molar-refractivity contribution in [2.45, 2.75) is 25.7 Å². The van der Waals surface area contributed by atoms with E-state index in [1.165, 1.54) is 0 Å². The molecular formula is C8H11NO3. The molecule has 4 heteroatoms. The monoisotopic (exact) mass is 169 g/mol. The Bertz CT molecular complexity index is 194. The number of carbonyl (C=O) groups is 3. The fourth-order valence-electron chi connectivity index (χ4n) is 1.24. The van der Waals surface area contributed by atoms with Gasteiger partial charge in [-0.3, -0.25) is 14.5 Å². The van der Waals surface area contributed by atoms with Gasteiger partial charge in [0.05, 0.1) is 6.54 Å². The Kier molecular flexibility index (Phi) is 2.96. The van der Waals surface area contributed by atoms with Crippen molar-refractivity contribution in [3.05, 3.63) is 0 Å². The van der Waals surface area contributed by atoms with Crippen LogP contribution in [-0.2, 0) is 14.4 Å². The molecule has 0 spiro atoms. The molecule has 0 aliphatic carbocycles. The number of imide groups is 1. The second-order valence-corrected chi connectivity index (χ2v) is 2.77. The van der Waals surface area contributed by atoms with Gasteiger partial charge in [-0.2, -0.15) is 0 Å². The summed E-state index contributed by atoms with van der Waals surface area (Å²) in [7, 11) is 0. The predicted octanol–water partition coefficient (Wildman–Crippen LogP) is 0.114. The minimum Gasteiger partial charge on any atom is -0.301 e. The Labute approximate surface area is 70.5 Å². The molecular weight excluding hydrogens is 158 g/mol. The highest BCUT2D eigenvalue weighted by Gasteiger charge is 2.22. The van der Waals surface area contributed by atoms with Crippen LogP contribution in [-0.4, -0.2) is 29.5 Å². The predicted molar refractivity (Wildman–Crippen MR) is 41.3 cm³/mol. The van der Waals surface area contributed by atoms with E-state index in [-0.39, 0.29) is 18.4 Å². The molecule has 4 nitrogen and oxygen atoms in total. The standard InChI is InChI=1S/C8H11NO3/c10-6-5-9-7(11)3-1-2-4-8(9)12/h6H,1-5H2. The zero-order chi connectivity index (χ0) is 8.97. The third-order valence-corrected chi connectivity index (χ3v) is 1.89. The number of nitrogens with zero attached hydrogens (tertiary/aromatic N) is 1. The van der Waals surface area contributed by atoms with Gasteiger partial charge in [-0.25, -0.2) is 0 Å². The first-order valence-corrected chi connectivity index (χ1v) is 4.02. The maximum absolute atomic E-state index is 11.2. The van der Waals surface area contributed by atoms with Gasteiger partial charge in [0.1, 0.15) is 6.29 Å². The van der Waals surface area contributed by atoms with Crippen LogP contribution in [0.15, 0.2) is 0 Å².